The van der Waals surface area contributed by atoms with E-state index in [1.54, 1.807) is 6.92 Å². The van der Waals surface area contributed by atoms with Crippen LogP contribution in [0.1, 0.15) is 18.9 Å². The topological polar surface area (TPSA) is 52.9 Å². The van der Waals surface area contributed by atoms with Gasteiger partial charge in [0.1, 0.15) is 0 Å². The third-order valence-electron chi connectivity index (χ3n) is 2.44. The van der Waals surface area contributed by atoms with E-state index in [4.69, 9.17) is 5.26 Å². The number of halogens is 3. The Labute approximate surface area is 119 Å². The molecule has 0 saturated carbocycles. The van der Waals surface area contributed by atoms with Gasteiger partial charge in [0, 0.05) is 12.2 Å². The number of rotatable bonds is 5. The Balaban J connectivity index is 2.74. The summed E-state index contributed by atoms with van der Waals surface area (Å²) in [5, 5.41) is 10.1. The third-order valence-corrected chi connectivity index (χ3v) is 3.60. The van der Waals surface area contributed by atoms with Crippen molar-refractivity contribution < 1.29 is 18.0 Å². The number of nitrogens with zero attached hydrogens (tertiary/aromatic N) is 1. The second-order valence-corrected chi connectivity index (χ2v) is 5.40. The number of hydrogen-bond acceptors (Lipinski definition) is 3. The second kappa shape index (κ2) is 7.20. The van der Waals surface area contributed by atoms with Crippen molar-refractivity contribution in [2.24, 2.45) is 0 Å². The zero-order valence-electron chi connectivity index (χ0n) is 10.7. The second-order valence-electron chi connectivity index (χ2n) is 3.95. The number of hydrogen-bond donors (Lipinski definition) is 1. The van der Waals surface area contributed by atoms with E-state index in [-0.39, 0.29) is 5.69 Å². The highest BCUT2D eigenvalue weighted by molar-refractivity contribution is 8.00. The summed E-state index contributed by atoms with van der Waals surface area (Å²) in [6, 6.07) is 6.77. The van der Waals surface area contributed by atoms with Crippen LogP contribution < -0.4 is 5.32 Å². The van der Waals surface area contributed by atoms with Crippen molar-refractivity contribution in [2.45, 2.75) is 24.8 Å². The number of nitrogens with one attached hydrogen (secondary N) is 1. The maximum Gasteiger partial charge on any atom is 0.418 e. The first-order chi connectivity index (χ1) is 9.36. The SMILES string of the molecule is CC(SCCC#N)C(=O)Nc1ccccc1C(F)(F)F. The number of alkyl halides is 3. The zero-order valence-corrected chi connectivity index (χ0v) is 11.5. The lowest BCUT2D eigenvalue weighted by Gasteiger charge is -2.15. The van der Waals surface area contributed by atoms with Crippen LogP contribution in [0.4, 0.5) is 18.9 Å². The first-order valence-electron chi connectivity index (χ1n) is 5.82. The number of nitriles is 1. The fraction of sp³-hybridized carbons (Fsp3) is 0.385. The van der Waals surface area contributed by atoms with Gasteiger partial charge >= 0.3 is 6.18 Å². The van der Waals surface area contributed by atoms with Crippen molar-refractivity contribution in [3.05, 3.63) is 29.8 Å². The monoisotopic (exact) mass is 302 g/mol. The molecule has 0 spiro atoms. The standard InChI is InChI=1S/C13H13F3N2OS/c1-9(20-8-4-7-17)12(19)18-11-6-3-2-5-10(11)13(14,15)16/h2-3,5-6,9H,4,8H2,1H3,(H,18,19). The molecule has 0 aliphatic heterocycles. The lowest BCUT2D eigenvalue weighted by molar-refractivity contribution is -0.137. The number of para-hydroxylation sites is 1. The van der Waals surface area contributed by atoms with E-state index in [0.29, 0.717) is 12.2 Å². The van der Waals surface area contributed by atoms with Gasteiger partial charge in [-0.3, -0.25) is 4.79 Å². The van der Waals surface area contributed by atoms with E-state index >= 15 is 0 Å². The van der Waals surface area contributed by atoms with Crippen LogP contribution in [0.2, 0.25) is 0 Å². The molecule has 1 amide bonds. The Kier molecular flexibility index (Phi) is 5.89. The van der Waals surface area contributed by atoms with E-state index in [1.807, 2.05) is 6.07 Å². The van der Waals surface area contributed by atoms with Crippen molar-refractivity contribution in [1.29, 1.82) is 5.26 Å². The minimum Gasteiger partial charge on any atom is -0.325 e. The molecule has 1 aromatic carbocycles. The van der Waals surface area contributed by atoms with Gasteiger partial charge in [0.05, 0.1) is 22.6 Å². The number of carbonyl (C=O) groups is 1. The molecule has 1 aromatic rings. The van der Waals surface area contributed by atoms with Gasteiger partial charge < -0.3 is 5.32 Å². The molecule has 0 aliphatic rings. The van der Waals surface area contributed by atoms with Crippen LogP contribution in [0, 0.1) is 11.3 Å². The van der Waals surface area contributed by atoms with Gasteiger partial charge in [-0.15, -0.1) is 11.8 Å². The van der Waals surface area contributed by atoms with Crippen molar-refractivity contribution in [3.8, 4) is 6.07 Å². The number of benzene rings is 1. The quantitative estimate of drug-likeness (QED) is 0.844. The van der Waals surface area contributed by atoms with Crippen LogP contribution in [0.15, 0.2) is 24.3 Å². The Hall–Kier alpha value is -1.68. The van der Waals surface area contributed by atoms with E-state index in [2.05, 4.69) is 5.32 Å². The van der Waals surface area contributed by atoms with E-state index in [1.165, 1.54) is 30.0 Å². The summed E-state index contributed by atoms with van der Waals surface area (Å²) in [7, 11) is 0. The van der Waals surface area contributed by atoms with Crippen molar-refractivity contribution in [1.82, 2.24) is 0 Å². The molecule has 0 aromatic heterocycles. The summed E-state index contributed by atoms with van der Waals surface area (Å²) in [5.74, 6) is -0.0453. The Morgan fingerprint density at radius 3 is 2.70 bits per heavy atom. The van der Waals surface area contributed by atoms with Crippen molar-refractivity contribution in [2.75, 3.05) is 11.1 Å². The highest BCUT2D eigenvalue weighted by Gasteiger charge is 2.33. The molecular formula is C13H13F3N2OS. The molecule has 108 valence electrons. The number of carbonyl (C=O) groups excluding carboxylic acids is 1. The molecule has 3 nitrogen and oxygen atoms in total. The van der Waals surface area contributed by atoms with Crippen LogP contribution in [-0.2, 0) is 11.0 Å². The number of anilines is 1. The third kappa shape index (κ3) is 4.78. The summed E-state index contributed by atoms with van der Waals surface area (Å²) in [4.78, 5) is 11.8. The fourth-order valence-corrected chi connectivity index (χ4v) is 2.20. The highest BCUT2D eigenvalue weighted by atomic mass is 32.2. The average molecular weight is 302 g/mol. The molecule has 7 heteroatoms. The van der Waals surface area contributed by atoms with Gasteiger partial charge in [0.25, 0.3) is 0 Å². The molecule has 0 radical (unpaired) electrons. The predicted octanol–water partition coefficient (Wildman–Crippen LogP) is 3.68. The molecule has 20 heavy (non-hydrogen) atoms. The Bertz CT molecular complexity index is 511. The van der Waals surface area contributed by atoms with Crippen LogP contribution in [0.25, 0.3) is 0 Å². The largest absolute Gasteiger partial charge is 0.418 e. The molecule has 0 heterocycles. The molecule has 1 rings (SSSR count). The van der Waals surface area contributed by atoms with Crippen LogP contribution in [-0.4, -0.2) is 16.9 Å². The number of amides is 1. The van der Waals surface area contributed by atoms with Gasteiger partial charge in [-0.25, -0.2) is 0 Å². The molecule has 0 fully saturated rings. The maximum atomic E-state index is 12.8. The summed E-state index contributed by atoms with van der Waals surface area (Å²) in [6.45, 7) is 1.59. The normalized spacial score (nSPS) is 12.6. The van der Waals surface area contributed by atoms with Crippen LogP contribution in [0.5, 0.6) is 0 Å². The zero-order chi connectivity index (χ0) is 15.2. The van der Waals surface area contributed by atoms with E-state index in [0.717, 1.165) is 6.07 Å². The summed E-state index contributed by atoms with van der Waals surface area (Å²) >= 11 is 1.23. The molecule has 1 N–H and O–H groups in total. The fourth-order valence-electron chi connectivity index (χ4n) is 1.43. The molecule has 0 saturated heterocycles. The lowest BCUT2D eigenvalue weighted by Crippen LogP contribution is -2.24. The van der Waals surface area contributed by atoms with Gasteiger partial charge in [0.2, 0.25) is 5.91 Å². The van der Waals surface area contributed by atoms with Gasteiger partial charge in [-0.05, 0) is 19.1 Å². The van der Waals surface area contributed by atoms with Gasteiger partial charge in [-0.2, -0.15) is 18.4 Å². The van der Waals surface area contributed by atoms with Crippen LogP contribution in [0.3, 0.4) is 0 Å². The molecule has 1 unspecified atom stereocenters. The Morgan fingerprint density at radius 1 is 1.45 bits per heavy atom. The number of thioether (sulfide) groups is 1. The van der Waals surface area contributed by atoms with E-state index in [9.17, 15) is 18.0 Å². The minimum absolute atomic E-state index is 0.252. The smallest absolute Gasteiger partial charge is 0.325 e. The average Bonchev–Trinajstić information content (AvgIpc) is 2.38. The van der Waals surface area contributed by atoms with E-state index < -0.39 is 22.9 Å². The first kappa shape index (κ1) is 16.4. The summed E-state index contributed by atoms with van der Waals surface area (Å²) in [5.41, 5.74) is -1.12. The summed E-state index contributed by atoms with van der Waals surface area (Å²) < 4.78 is 38.3. The highest BCUT2D eigenvalue weighted by Crippen LogP contribution is 2.34. The first-order valence-corrected chi connectivity index (χ1v) is 6.86. The van der Waals surface area contributed by atoms with Gasteiger partial charge in [-0.1, -0.05) is 12.1 Å². The van der Waals surface area contributed by atoms with Crippen LogP contribution >= 0.6 is 11.8 Å². The van der Waals surface area contributed by atoms with Gasteiger partial charge in [0.15, 0.2) is 0 Å². The van der Waals surface area contributed by atoms with Crippen molar-refractivity contribution >= 4 is 23.4 Å². The summed E-state index contributed by atoms with van der Waals surface area (Å²) in [6.07, 6.45) is -4.22. The Morgan fingerprint density at radius 2 is 2.10 bits per heavy atom. The van der Waals surface area contributed by atoms with Crippen molar-refractivity contribution in [3.63, 3.8) is 0 Å². The molecule has 1 atom stereocenters. The minimum atomic E-state index is -4.51. The molecular weight excluding hydrogens is 289 g/mol. The maximum absolute atomic E-state index is 12.8. The molecule has 0 aliphatic carbocycles. The molecule has 0 bridgehead atoms. The lowest BCUT2D eigenvalue weighted by atomic mass is 10.1. The predicted molar refractivity (Wildman–Crippen MR) is 72.2 cm³/mol.